The molecule has 2 atom stereocenters. The van der Waals surface area contributed by atoms with Gasteiger partial charge in [0.25, 0.3) is 0 Å². The summed E-state index contributed by atoms with van der Waals surface area (Å²) in [7, 11) is 0. The molecular formula is C13H17BrClFN2O. The van der Waals surface area contributed by atoms with Crippen molar-refractivity contribution in [3.8, 4) is 0 Å². The maximum atomic E-state index is 13.6. The van der Waals surface area contributed by atoms with Gasteiger partial charge >= 0.3 is 0 Å². The van der Waals surface area contributed by atoms with E-state index in [9.17, 15) is 9.18 Å². The van der Waals surface area contributed by atoms with E-state index in [1.165, 1.54) is 6.07 Å². The van der Waals surface area contributed by atoms with Crippen LogP contribution in [-0.2, 0) is 4.79 Å². The summed E-state index contributed by atoms with van der Waals surface area (Å²) in [5.74, 6) is -0.411. The second-order valence-electron chi connectivity index (χ2n) is 4.65. The molecule has 0 unspecified atom stereocenters. The molecule has 0 saturated heterocycles. The minimum atomic E-state index is -0.431. The Bertz CT molecular complexity index is 458. The average Bonchev–Trinajstić information content (AvgIpc) is 2.81. The maximum Gasteiger partial charge on any atom is 0.227 e. The van der Waals surface area contributed by atoms with Crippen LogP contribution < -0.4 is 11.1 Å². The lowest BCUT2D eigenvalue weighted by atomic mass is 9.95. The summed E-state index contributed by atoms with van der Waals surface area (Å²) in [6, 6.07) is 4.60. The van der Waals surface area contributed by atoms with Gasteiger partial charge in [-0.3, -0.25) is 4.79 Å². The van der Waals surface area contributed by atoms with Crippen molar-refractivity contribution in [2.75, 3.05) is 11.9 Å². The van der Waals surface area contributed by atoms with E-state index in [2.05, 4.69) is 21.2 Å². The first-order chi connectivity index (χ1) is 8.61. The smallest absolute Gasteiger partial charge is 0.227 e. The summed E-state index contributed by atoms with van der Waals surface area (Å²) in [5, 5.41) is 2.65. The van der Waals surface area contributed by atoms with Gasteiger partial charge in [0.05, 0.1) is 5.69 Å². The second-order valence-corrected chi connectivity index (χ2v) is 5.56. The summed E-state index contributed by atoms with van der Waals surface area (Å²) >= 11 is 3.18. The van der Waals surface area contributed by atoms with E-state index in [-0.39, 0.29) is 35.8 Å². The zero-order valence-electron chi connectivity index (χ0n) is 10.4. The molecule has 106 valence electrons. The number of rotatable bonds is 3. The Morgan fingerprint density at radius 1 is 1.47 bits per heavy atom. The van der Waals surface area contributed by atoms with Crippen LogP contribution in [0.25, 0.3) is 0 Å². The Hall–Kier alpha value is -0.650. The third-order valence-electron chi connectivity index (χ3n) is 3.49. The molecule has 0 bridgehead atoms. The highest BCUT2D eigenvalue weighted by Gasteiger charge is 2.32. The number of carbonyl (C=O) groups excluding carboxylic acids is 1. The number of nitrogens with two attached hydrogens (primary N) is 1. The lowest BCUT2D eigenvalue weighted by Gasteiger charge is -2.17. The lowest BCUT2D eigenvalue weighted by Crippen LogP contribution is -2.30. The fourth-order valence-electron chi connectivity index (χ4n) is 2.48. The Kier molecular flexibility index (Phi) is 6.23. The molecule has 1 aromatic carbocycles. The van der Waals surface area contributed by atoms with Crippen LogP contribution >= 0.6 is 28.3 Å². The van der Waals surface area contributed by atoms with Gasteiger partial charge in [-0.2, -0.15) is 0 Å². The van der Waals surface area contributed by atoms with Crippen LogP contribution in [0.1, 0.15) is 19.3 Å². The molecule has 1 aliphatic carbocycles. The Morgan fingerprint density at radius 3 is 2.84 bits per heavy atom. The largest absolute Gasteiger partial charge is 0.330 e. The van der Waals surface area contributed by atoms with Crippen LogP contribution in [0.15, 0.2) is 22.7 Å². The number of halogens is 3. The van der Waals surface area contributed by atoms with Crippen molar-refractivity contribution in [2.24, 2.45) is 17.6 Å². The fraction of sp³-hybridized carbons (Fsp3) is 0.462. The molecule has 3 nitrogen and oxygen atoms in total. The lowest BCUT2D eigenvalue weighted by molar-refractivity contribution is -0.120. The van der Waals surface area contributed by atoms with E-state index >= 15 is 0 Å². The summed E-state index contributed by atoms with van der Waals surface area (Å²) in [4.78, 5) is 12.1. The highest BCUT2D eigenvalue weighted by atomic mass is 79.9. The molecule has 3 N–H and O–H groups in total. The molecule has 0 heterocycles. The van der Waals surface area contributed by atoms with Crippen LogP contribution in [-0.4, -0.2) is 12.5 Å². The van der Waals surface area contributed by atoms with Crippen molar-refractivity contribution in [3.05, 3.63) is 28.5 Å². The summed E-state index contributed by atoms with van der Waals surface area (Å²) in [5.41, 5.74) is 5.87. The number of benzene rings is 1. The van der Waals surface area contributed by atoms with Crippen molar-refractivity contribution < 1.29 is 9.18 Å². The topological polar surface area (TPSA) is 55.1 Å². The molecular weight excluding hydrogens is 335 g/mol. The Balaban J connectivity index is 0.00000180. The summed E-state index contributed by atoms with van der Waals surface area (Å²) < 4.78 is 14.3. The second kappa shape index (κ2) is 7.22. The molecule has 0 aliphatic heterocycles. The first kappa shape index (κ1) is 16.4. The number of hydrogen-bond acceptors (Lipinski definition) is 2. The van der Waals surface area contributed by atoms with Crippen LogP contribution in [0.2, 0.25) is 0 Å². The molecule has 6 heteroatoms. The van der Waals surface area contributed by atoms with E-state index in [0.717, 1.165) is 19.3 Å². The van der Waals surface area contributed by atoms with E-state index in [1.807, 2.05) is 0 Å². The quantitative estimate of drug-likeness (QED) is 0.877. The zero-order valence-corrected chi connectivity index (χ0v) is 12.8. The number of anilines is 1. The summed E-state index contributed by atoms with van der Waals surface area (Å²) in [6.07, 6.45) is 2.84. The molecule has 0 aromatic heterocycles. The molecule has 2 rings (SSSR count). The van der Waals surface area contributed by atoms with Gasteiger partial charge in [-0.1, -0.05) is 22.4 Å². The first-order valence-corrected chi connectivity index (χ1v) is 6.87. The normalized spacial score (nSPS) is 21.8. The van der Waals surface area contributed by atoms with Crippen molar-refractivity contribution in [2.45, 2.75) is 19.3 Å². The fourth-order valence-corrected chi connectivity index (χ4v) is 2.81. The van der Waals surface area contributed by atoms with Crippen molar-refractivity contribution in [1.29, 1.82) is 0 Å². The monoisotopic (exact) mass is 350 g/mol. The standard InChI is InChI=1S/C13H16BrFN2O.ClH/c14-9-4-5-12(11(15)6-9)17-13(18)10-3-1-2-8(10)7-16;/h4-6,8,10H,1-3,7,16H2,(H,17,18);1H/t8-,10-;/m1./s1. The molecule has 1 saturated carbocycles. The molecule has 19 heavy (non-hydrogen) atoms. The van der Waals surface area contributed by atoms with E-state index in [0.29, 0.717) is 11.0 Å². The van der Waals surface area contributed by atoms with Gasteiger partial charge in [0.15, 0.2) is 0 Å². The van der Waals surface area contributed by atoms with Crippen LogP contribution in [0.5, 0.6) is 0 Å². The number of nitrogens with one attached hydrogen (secondary N) is 1. The predicted octanol–water partition coefficient (Wildman–Crippen LogP) is 3.32. The van der Waals surface area contributed by atoms with Gasteiger partial charge in [0.1, 0.15) is 5.82 Å². The van der Waals surface area contributed by atoms with Gasteiger partial charge < -0.3 is 11.1 Å². The van der Waals surface area contributed by atoms with E-state index < -0.39 is 5.82 Å². The van der Waals surface area contributed by atoms with E-state index in [4.69, 9.17) is 5.73 Å². The van der Waals surface area contributed by atoms with E-state index in [1.54, 1.807) is 12.1 Å². The van der Waals surface area contributed by atoms with Gasteiger partial charge in [-0.05, 0) is 43.5 Å². The minimum absolute atomic E-state index is 0. The zero-order chi connectivity index (χ0) is 13.1. The van der Waals surface area contributed by atoms with Crippen LogP contribution in [0.3, 0.4) is 0 Å². The number of carbonyl (C=O) groups is 1. The van der Waals surface area contributed by atoms with Gasteiger partial charge in [-0.15, -0.1) is 12.4 Å². The average molecular weight is 352 g/mol. The summed E-state index contributed by atoms with van der Waals surface area (Å²) in [6.45, 7) is 0.515. The molecule has 0 radical (unpaired) electrons. The SMILES string of the molecule is Cl.NC[C@H]1CCC[C@H]1C(=O)Nc1ccc(Br)cc1F. The van der Waals surface area contributed by atoms with Gasteiger partial charge in [0, 0.05) is 10.4 Å². The third kappa shape index (κ3) is 3.91. The molecule has 1 aliphatic rings. The van der Waals surface area contributed by atoms with Crippen LogP contribution in [0, 0.1) is 17.7 Å². The Morgan fingerprint density at radius 2 is 2.21 bits per heavy atom. The van der Waals surface area contributed by atoms with Crippen molar-refractivity contribution >= 4 is 39.9 Å². The first-order valence-electron chi connectivity index (χ1n) is 6.08. The molecule has 1 amide bonds. The molecule has 1 aromatic rings. The third-order valence-corrected chi connectivity index (χ3v) is 3.98. The Labute approximate surface area is 126 Å². The van der Waals surface area contributed by atoms with Gasteiger partial charge in [0.2, 0.25) is 5.91 Å². The van der Waals surface area contributed by atoms with Crippen molar-refractivity contribution in [3.63, 3.8) is 0 Å². The van der Waals surface area contributed by atoms with Crippen LogP contribution in [0.4, 0.5) is 10.1 Å². The van der Waals surface area contributed by atoms with Crippen molar-refractivity contribution in [1.82, 2.24) is 0 Å². The highest BCUT2D eigenvalue weighted by Crippen LogP contribution is 2.32. The predicted molar refractivity (Wildman–Crippen MR) is 79.9 cm³/mol. The maximum absolute atomic E-state index is 13.6. The molecule has 0 spiro atoms. The molecule has 1 fully saturated rings. The minimum Gasteiger partial charge on any atom is -0.330 e. The number of hydrogen-bond donors (Lipinski definition) is 2. The van der Waals surface area contributed by atoms with Gasteiger partial charge in [-0.25, -0.2) is 4.39 Å². The highest BCUT2D eigenvalue weighted by molar-refractivity contribution is 9.10. The number of amides is 1.